The molecule has 0 spiro atoms. The zero-order valence-electron chi connectivity index (χ0n) is 5.23. The largest absolute Gasteiger partial charge is 0.373 e. The van der Waals surface area contributed by atoms with Gasteiger partial charge >= 0.3 is 0 Å². The lowest BCUT2D eigenvalue weighted by molar-refractivity contribution is 0.381. The molecule has 6 heteroatoms. The minimum absolute atomic E-state index is 0.332. The summed E-state index contributed by atoms with van der Waals surface area (Å²) in [4.78, 5) is 0. The highest BCUT2D eigenvalue weighted by molar-refractivity contribution is 6.68. The summed E-state index contributed by atoms with van der Waals surface area (Å²) in [5.74, 6) is 0.704. The van der Waals surface area contributed by atoms with Crippen molar-refractivity contribution in [2.24, 2.45) is 5.10 Å². The molecule has 0 saturated heterocycles. The number of nitrogens with one attached hydrogen (secondary N) is 2. The normalized spacial score (nSPS) is 17.3. The van der Waals surface area contributed by atoms with Crippen LogP contribution in [0.5, 0.6) is 0 Å². The summed E-state index contributed by atoms with van der Waals surface area (Å²) in [6, 6.07) is 0. The third-order valence-corrected chi connectivity index (χ3v) is 1.27. The average molecular weight is 181 g/mol. The molecule has 0 radical (unpaired) electrons. The second-order valence-electron chi connectivity index (χ2n) is 1.60. The number of halogens is 2. The lowest BCUT2D eigenvalue weighted by Crippen LogP contribution is -2.34. The molecule has 0 aromatic heterocycles. The lowest BCUT2D eigenvalue weighted by Gasteiger charge is -2.18. The Hall–Kier alpha value is -0.610. The fourth-order valence-corrected chi connectivity index (χ4v) is 0.912. The first-order chi connectivity index (χ1) is 4.72. The van der Waals surface area contributed by atoms with Crippen molar-refractivity contribution in [3.05, 3.63) is 11.9 Å². The highest BCUT2D eigenvalue weighted by Gasteiger charge is 2.06. The smallest absolute Gasteiger partial charge is 0.156 e. The summed E-state index contributed by atoms with van der Waals surface area (Å²) >= 11 is 11.0. The first-order valence-corrected chi connectivity index (χ1v) is 3.30. The van der Waals surface area contributed by atoms with Gasteiger partial charge in [0.2, 0.25) is 0 Å². The number of hydrazine groups is 1. The zero-order chi connectivity index (χ0) is 7.56. The zero-order valence-corrected chi connectivity index (χ0v) is 6.74. The van der Waals surface area contributed by atoms with E-state index in [0.717, 1.165) is 4.64 Å². The maximum atomic E-state index is 5.55. The average Bonchev–Trinajstić information content (AvgIpc) is 1.85. The summed E-state index contributed by atoms with van der Waals surface area (Å²) in [7, 11) is 1.75. The molecule has 0 fully saturated rings. The van der Waals surface area contributed by atoms with E-state index in [2.05, 4.69) is 15.8 Å². The van der Waals surface area contributed by atoms with Gasteiger partial charge in [-0.3, -0.25) is 5.43 Å². The van der Waals surface area contributed by atoms with Gasteiger partial charge in [0, 0.05) is 13.1 Å². The van der Waals surface area contributed by atoms with E-state index >= 15 is 0 Å². The van der Waals surface area contributed by atoms with E-state index in [4.69, 9.17) is 23.4 Å². The van der Waals surface area contributed by atoms with Crippen LogP contribution >= 0.6 is 23.4 Å². The maximum Gasteiger partial charge on any atom is 0.156 e. The number of hydrazone groups is 1. The molecule has 0 amide bonds. The van der Waals surface area contributed by atoms with Crippen molar-refractivity contribution in [3.8, 4) is 0 Å². The lowest BCUT2D eigenvalue weighted by atomic mass is 10.6. The van der Waals surface area contributed by atoms with Gasteiger partial charge < -0.3 is 5.32 Å². The molecular formula is C4H6Cl2N4. The molecule has 1 aliphatic heterocycles. The van der Waals surface area contributed by atoms with Gasteiger partial charge in [-0.15, -0.1) is 9.74 Å². The first kappa shape index (κ1) is 7.50. The van der Waals surface area contributed by atoms with E-state index in [9.17, 15) is 0 Å². The summed E-state index contributed by atoms with van der Waals surface area (Å²) in [6.45, 7) is 0. The van der Waals surface area contributed by atoms with Gasteiger partial charge in [-0.2, -0.15) is 0 Å². The van der Waals surface area contributed by atoms with Gasteiger partial charge in [0.05, 0.1) is 11.8 Å². The van der Waals surface area contributed by atoms with Gasteiger partial charge in [0.15, 0.2) is 5.17 Å². The molecule has 0 aliphatic carbocycles. The molecule has 4 nitrogen and oxygen atoms in total. The molecule has 0 saturated carbocycles. The molecule has 1 rings (SSSR count). The van der Waals surface area contributed by atoms with Crippen LogP contribution in [0.3, 0.4) is 0 Å². The third kappa shape index (κ3) is 1.68. The summed E-state index contributed by atoms with van der Waals surface area (Å²) in [5.41, 5.74) is 2.67. The first-order valence-electron chi connectivity index (χ1n) is 2.58. The van der Waals surface area contributed by atoms with E-state index in [-0.39, 0.29) is 0 Å². The quantitative estimate of drug-likeness (QED) is 0.581. The summed E-state index contributed by atoms with van der Waals surface area (Å²) < 4.78 is 1.01. The van der Waals surface area contributed by atoms with E-state index in [1.165, 1.54) is 0 Å². The molecule has 10 heavy (non-hydrogen) atoms. The Bertz CT molecular complexity index is 188. The molecule has 0 unspecified atom stereocenters. The van der Waals surface area contributed by atoms with Crippen LogP contribution in [-0.4, -0.2) is 16.9 Å². The highest BCUT2D eigenvalue weighted by atomic mass is 35.5. The Morgan fingerprint density at radius 2 is 2.50 bits per heavy atom. The van der Waals surface area contributed by atoms with E-state index < -0.39 is 0 Å². The number of rotatable bonds is 1. The second-order valence-corrected chi connectivity index (χ2v) is 2.31. The Labute approximate surface area is 68.6 Å². The minimum Gasteiger partial charge on any atom is -0.373 e. The predicted octanol–water partition coefficient (Wildman–Crippen LogP) is 0.574. The standard InChI is InChI=1S/C4H6Cl2N4/c1-7-4-2-3(5)8-10(6)9-4/h2,7,9H,1H3. The third-order valence-electron chi connectivity index (χ3n) is 0.929. The van der Waals surface area contributed by atoms with Crippen molar-refractivity contribution in [1.82, 2.24) is 15.4 Å². The van der Waals surface area contributed by atoms with Crippen LogP contribution in [0.2, 0.25) is 0 Å². The highest BCUT2D eigenvalue weighted by Crippen LogP contribution is 2.04. The van der Waals surface area contributed by atoms with Crippen LogP contribution in [0, 0.1) is 0 Å². The Morgan fingerprint density at radius 3 is 3.00 bits per heavy atom. The fourth-order valence-electron chi connectivity index (χ4n) is 0.517. The van der Waals surface area contributed by atoms with Crippen LogP contribution in [0.1, 0.15) is 0 Å². The second kappa shape index (κ2) is 2.98. The van der Waals surface area contributed by atoms with E-state index in [1.807, 2.05) is 0 Å². The van der Waals surface area contributed by atoms with Crippen LogP contribution in [-0.2, 0) is 0 Å². The van der Waals surface area contributed by atoms with Crippen LogP contribution in [0.25, 0.3) is 0 Å². The number of hydrogen-bond acceptors (Lipinski definition) is 4. The van der Waals surface area contributed by atoms with Gasteiger partial charge in [-0.25, -0.2) is 0 Å². The summed E-state index contributed by atoms with van der Waals surface area (Å²) in [6.07, 6.45) is 1.63. The molecule has 56 valence electrons. The molecule has 0 atom stereocenters. The van der Waals surface area contributed by atoms with Crippen LogP contribution in [0.15, 0.2) is 17.0 Å². The van der Waals surface area contributed by atoms with Crippen LogP contribution in [0.4, 0.5) is 0 Å². The molecule has 0 bridgehead atoms. The summed E-state index contributed by atoms with van der Waals surface area (Å²) in [5, 5.41) is 6.79. The number of nitrogens with zero attached hydrogens (tertiary/aromatic N) is 2. The van der Waals surface area contributed by atoms with Crippen molar-refractivity contribution in [2.45, 2.75) is 0 Å². The van der Waals surface area contributed by atoms with Gasteiger partial charge in [-0.1, -0.05) is 11.6 Å². The van der Waals surface area contributed by atoms with E-state index in [1.54, 1.807) is 13.1 Å². The molecule has 2 N–H and O–H groups in total. The Morgan fingerprint density at radius 1 is 1.80 bits per heavy atom. The molecule has 1 heterocycles. The molecule has 1 aliphatic rings. The fraction of sp³-hybridized carbons (Fsp3) is 0.250. The van der Waals surface area contributed by atoms with Gasteiger partial charge in [0.1, 0.15) is 5.82 Å². The molecular weight excluding hydrogens is 175 g/mol. The van der Waals surface area contributed by atoms with Crippen molar-refractivity contribution in [2.75, 3.05) is 7.05 Å². The van der Waals surface area contributed by atoms with Crippen molar-refractivity contribution >= 4 is 28.5 Å². The van der Waals surface area contributed by atoms with Crippen molar-refractivity contribution in [1.29, 1.82) is 0 Å². The van der Waals surface area contributed by atoms with Crippen molar-refractivity contribution in [3.63, 3.8) is 0 Å². The van der Waals surface area contributed by atoms with Crippen LogP contribution < -0.4 is 10.7 Å². The molecule has 0 aromatic rings. The molecule has 0 aromatic carbocycles. The maximum absolute atomic E-state index is 5.55. The monoisotopic (exact) mass is 180 g/mol. The predicted molar refractivity (Wildman–Crippen MR) is 41.3 cm³/mol. The Kier molecular flexibility index (Phi) is 2.24. The topological polar surface area (TPSA) is 39.7 Å². The number of allylic oxidation sites excluding steroid dienone is 1. The van der Waals surface area contributed by atoms with E-state index in [0.29, 0.717) is 11.0 Å². The Balaban J connectivity index is 2.70. The van der Waals surface area contributed by atoms with Gasteiger partial charge in [0.25, 0.3) is 0 Å². The number of hydrogen-bond donors (Lipinski definition) is 2. The SMILES string of the molecule is CNC1=CC(Cl)=NN(Cl)N1. The van der Waals surface area contributed by atoms with Gasteiger partial charge in [-0.05, 0) is 0 Å². The minimum atomic E-state index is 0.332. The van der Waals surface area contributed by atoms with Crippen molar-refractivity contribution < 1.29 is 0 Å².